The fourth-order valence-electron chi connectivity index (χ4n) is 2.07. The van der Waals surface area contributed by atoms with Gasteiger partial charge in [0.15, 0.2) is 5.65 Å². The minimum absolute atomic E-state index is 0.749. The normalized spacial score (nSPS) is 11.1. The van der Waals surface area contributed by atoms with Gasteiger partial charge >= 0.3 is 0 Å². The molecule has 0 bridgehead atoms. The quantitative estimate of drug-likeness (QED) is 0.798. The van der Waals surface area contributed by atoms with Gasteiger partial charge in [0.1, 0.15) is 4.60 Å². The van der Waals surface area contributed by atoms with Crippen LogP contribution >= 0.6 is 15.9 Å². The minimum atomic E-state index is 0.749. The van der Waals surface area contributed by atoms with E-state index in [-0.39, 0.29) is 0 Å². The van der Waals surface area contributed by atoms with Crippen LogP contribution in [0.15, 0.2) is 41.7 Å². The lowest BCUT2D eigenvalue weighted by atomic mass is 10.1. The minimum Gasteiger partial charge on any atom is -0.307 e. The van der Waals surface area contributed by atoms with Crippen molar-refractivity contribution in [2.45, 2.75) is 20.0 Å². The number of hydrogen-bond donors (Lipinski definition) is 1. The summed E-state index contributed by atoms with van der Waals surface area (Å²) >= 11 is 3.38. The predicted octanol–water partition coefficient (Wildman–Crippen LogP) is 2.49. The van der Waals surface area contributed by atoms with E-state index in [0.29, 0.717) is 0 Å². The van der Waals surface area contributed by atoms with E-state index in [9.17, 15) is 0 Å². The average molecular weight is 332 g/mol. The molecule has 0 unspecified atom stereocenters. The SMILES string of the molecule is Cc1cnccc1CNCc1cnc2cnc(Br)cn12. The summed E-state index contributed by atoms with van der Waals surface area (Å²) in [5.74, 6) is 0. The summed E-state index contributed by atoms with van der Waals surface area (Å²) in [6.07, 6.45) is 9.25. The van der Waals surface area contributed by atoms with Crippen LogP contribution in [-0.2, 0) is 13.1 Å². The average Bonchev–Trinajstić information content (AvgIpc) is 2.83. The Morgan fingerprint density at radius 3 is 2.95 bits per heavy atom. The zero-order valence-corrected chi connectivity index (χ0v) is 12.6. The van der Waals surface area contributed by atoms with Crippen LogP contribution in [0.2, 0.25) is 0 Å². The first kappa shape index (κ1) is 13.2. The van der Waals surface area contributed by atoms with E-state index in [1.54, 1.807) is 6.20 Å². The van der Waals surface area contributed by atoms with Gasteiger partial charge in [0, 0.05) is 31.7 Å². The lowest BCUT2D eigenvalue weighted by Crippen LogP contribution is -2.14. The number of rotatable bonds is 4. The number of nitrogens with zero attached hydrogens (tertiary/aromatic N) is 4. The van der Waals surface area contributed by atoms with Crippen molar-refractivity contribution in [3.63, 3.8) is 0 Å². The number of halogens is 1. The Bertz CT molecular complexity index is 737. The fraction of sp³-hybridized carbons (Fsp3) is 0.214. The molecule has 0 aliphatic heterocycles. The smallest absolute Gasteiger partial charge is 0.155 e. The van der Waals surface area contributed by atoms with Crippen molar-refractivity contribution < 1.29 is 0 Å². The zero-order chi connectivity index (χ0) is 13.9. The molecular weight excluding hydrogens is 318 g/mol. The summed E-state index contributed by atoms with van der Waals surface area (Å²) in [4.78, 5) is 12.6. The molecule has 0 radical (unpaired) electrons. The zero-order valence-electron chi connectivity index (χ0n) is 11.0. The van der Waals surface area contributed by atoms with Crippen LogP contribution in [0.1, 0.15) is 16.8 Å². The highest BCUT2D eigenvalue weighted by atomic mass is 79.9. The van der Waals surface area contributed by atoms with Crippen LogP contribution in [-0.4, -0.2) is 19.4 Å². The van der Waals surface area contributed by atoms with Crippen molar-refractivity contribution in [3.8, 4) is 0 Å². The molecule has 0 fully saturated rings. The van der Waals surface area contributed by atoms with Gasteiger partial charge in [0.2, 0.25) is 0 Å². The van der Waals surface area contributed by atoms with Crippen molar-refractivity contribution in [2.75, 3.05) is 0 Å². The van der Waals surface area contributed by atoms with Crippen molar-refractivity contribution in [2.24, 2.45) is 0 Å². The number of aryl methyl sites for hydroxylation is 1. The third-order valence-corrected chi connectivity index (χ3v) is 3.61. The van der Waals surface area contributed by atoms with E-state index in [1.807, 2.05) is 35.3 Å². The van der Waals surface area contributed by atoms with Gasteiger partial charge in [0.25, 0.3) is 0 Å². The Labute approximate surface area is 125 Å². The van der Waals surface area contributed by atoms with Crippen LogP contribution in [0.3, 0.4) is 0 Å². The van der Waals surface area contributed by atoms with Crippen molar-refractivity contribution in [1.82, 2.24) is 24.7 Å². The summed E-state index contributed by atoms with van der Waals surface area (Å²) in [7, 11) is 0. The largest absolute Gasteiger partial charge is 0.307 e. The monoisotopic (exact) mass is 331 g/mol. The molecule has 0 aliphatic carbocycles. The number of hydrogen-bond acceptors (Lipinski definition) is 4. The van der Waals surface area contributed by atoms with Crippen molar-refractivity contribution >= 4 is 21.6 Å². The number of imidazole rings is 1. The molecule has 3 heterocycles. The second-order valence-electron chi connectivity index (χ2n) is 4.59. The molecule has 5 nitrogen and oxygen atoms in total. The summed E-state index contributed by atoms with van der Waals surface area (Å²) in [6, 6.07) is 2.04. The predicted molar refractivity (Wildman–Crippen MR) is 80.2 cm³/mol. The Hall–Kier alpha value is -1.79. The topological polar surface area (TPSA) is 55.1 Å². The summed E-state index contributed by atoms with van der Waals surface area (Å²) in [5, 5.41) is 3.43. The Kier molecular flexibility index (Phi) is 3.75. The van der Waals surface area contributed by atoms with E-state index in [1.165, 1.54) is 11.1 Å². The van der Waals surface area contributed by atoms with Gasteiger partial charge < -0.3 is 5.32 Å². The molecule has 3 aromatic rings. The summed E-state index contributed by atoms with van der Waals surface area (Å²) in [6.45, 7) is 3.63. The molecule has 0 aliphatic rings. The van der Waals surface area contributed by atoms with E-state index < -0.39 is 0 Å². The molecule has 0 saturated heterocycles. The van der Waals surface area contributed by atoms with Gasteiger partial charge in [-0.1, -0.05) is 0 Å². The molecule has 0 amide bonds. The molecule has 0 aromatic carbocycles. The Morgan fingerprint density at radius 1 is 1.20 bits per heavy atom. The summed E-state index contributed by atoms with van der Waals surface area (Å²) in [5.41, 5.74) is 4.42. The Balaban J connectivity index is 1.71. The first-order valence-electron chi connectivity index (χ1n) is 6.32. The second-order valence-corrected chi connectivity index (χ2v) is 5.41. The highest BCUT2D eigenvalue weighted by Gasteiger charge is 2.04. The molecule has 0 atom stereocenters. The molecule has 3 aromatic heterocycles. The highest BCUT2D eigenvalue weighted by molar-refractivity contribution is 9.10. The van der Waals surface area contributed by atoms with Gasteiger partial charge in [-0.25, -0.2) is 9.97 Å². The molecule has 0 saturated carbocycles. The lowest BCUT2D eigenvalue weighted by molar-refractivity contribution is 0.672. The van der Waals surface area contributed by atoms with E-state index in [2.05, 4.69) is 43.1 Å². The highest BCUT2D eigenvalue weighted by Crippen LogP contribution is 2.11. The maximum atomic E-state index is 4.33. The first-order chi connectivity index (χ1) is 9.74. The molecule has 0 spiro atoms. The molecule has 3 rings (SSSR count). The van der Waals surface area contributed by atoms with E-state index >= 15 is 0 Å². The molecule has 102 valence electrons. The van der Waals surface area contributed by atoms with Crippen LogP contribution in [0.4, 0.5) is 0 Å². The van der Waals surface area contributed by atoms with Gasteiger partial charge in [-0.05, 0) is 40.0 Å². The Morgan fingerprint density at radius 2 is 2.10 bits per heavy atom. The number of nitrogens with one attached hydrogen (secondary N) is 1. The third kappa shape index (κ3) is 2.71. The summed E-state index contributed by atoms with van der Waals surface area (Å²) < 4.78 is 2.83. The van der Waals surface area contributed by atoms with Crippen LogP contribution in [0, 0.1) is 6.92 Å². The van der Waals surface area contributed by atoms with Gasteiger partial charge in [-0.15, -0.1) is 0 Å². The van der Waals surface area contributed by atoms with Gasteiger partial charge in [-0.3, -0.25) is 9.38 Å². The fourth-order valence-corrected chi connectivity index (χ4v) is 2.38. The standard InChI is InChI=1S/C14H14BrN5/c1-10-4-16-3-2-11(10)5-17-6-12-7-19-14-8-18-13(15)9-20(12)14/h2-4,7-9,17H,5-6H2,1H3. The number of fused-ring (bicyclic) bond motifs is 1. The number of aromatic nitrogens is 4. The molecule has 1 N–H and O–H groups in total. The molecule has 20 heavy (non-hydrogen) atoms. The van der Waals surface area contributed by atoms with E-state index in [0.717, 1.165) is 29.0 Å². The second kappa shape index (κ2) is 5.68. The van der Waals surface area contributed by atoms with Crippen LogP contribution in [0.5, 0.6) is 0 Å². The maximum absolute atomic E-state index is 4.33. The van der Waals surface area contributed by atoms with Crippen LogP contribution in [0.25, 0.3) is 5.65 Å². The molecule has 6 heteroatoms. The van der Waals surface area contributed by atoms with Gasteiger partial charge in [0.05, 0.1) is 18.1 Å². The number of pyridine rings is 1. The van der Waals surface area contributed by atoms with Gasteiger partial charge in [-0.2, -0.15) is 0 Å². The van der Waals surface area contributed by atoms with Crippen molar-refractivity contribution in [1.29, 1.82) is 0 Å². The third-order valence-electron chi connectivity index (χ3n) is 3.20. The van der Waals surface area contributed by atoms with E-state index in [4.69, 9.17) is 0 Å². The van der Waals surface area contributed by atoms with Crippen molar-refractivity contribution in [3.05, 3.63) is 58.5 Å². The molecular formula is C14H14BrN5. The van der Waals surface area contributed by atoms with Crippen LogP contribution < -0.4 is 5.32 Å². The lowest BCUT2D eigenvalue weighted by Gasteiger charge is -2.07. The maximum Gasteiger partial charge on any atom is 0.155 e. The first-order valence-corrected chi connectivity index (χ1v) is 7.11.